The highest BCUT2D eigenvalue weighted by Gasteiger charge is 2.23. The molecule has 0 saturated carbocycles. The van der Waals surface area contributed by atoms with E-state index < -0.39 is 0 Å². The minimum Gasteiger partial charge on any atom is -0.493 e. The number of amides is 1. The van der Waals surface area contributed by atoms with Gasteiger partial charge in [0.15, 0.2) is 11.5 Å². The maximum absolute atomic E-state index is 12.7. The Kier molecular flexibility index (Phi) is 8.08. The molecule has 8 nitrogen and oxygen atoms in total. The molecule has 1 aromatic heterocycles. The number of nitrogens with zero attached hydrogens (tertiary/aromatic N) is 4. The van der Waals surface area contributed by atoms with E-state index in [-0.39, 0.29) is 5.91 Å². The third-order valence-electron chi connectivity index (χ3n) is 5.93. The van der Waals surface area contributed by atoms with Gasteiger partial charge in [-0.2, -0.15) is 0 Å². The lowest BCUT2D eigenvalue weighted by molar-refractivity contribution is -0.130. The zero-order valence-electron chi connectivity index (χ0n) is 19.8. The Bertz CT molecular complexity index is 1100. The number of rotatable bonds is 9. The smallest absolute Gasteiger partial charge is 0.277 e. The second kappa shape index (κ2) is 11.4. The summed E-state index contributed by atoms with van der Waals surface area (Å²) in [6.07, 6.45) is 0.587. The normalized spacial score (nSPS) is 14.3. The minimum atomic E-state index is 0.0924. The second-order valence-electron chi connectivity index (χ2n) is 8.20. The lowest BCUT2D eigenvalue weighted by Crippen LogP contribution is -2.48. The molecule has 2 heterocycles. The Morgan fingerprint density at radius 1 is 1.03 bits per heavy atom. The van der Waals surface area contributed by atoms with E-state index in [1.807, 2.05) is 47.4 Å². The van der Waals surface area contributed by atoms with Crippen molar-refractivity contribution in [3.8, 4) is 11.5 Å². The van der Waals surface area contributed by atoms with Crippen LogP contribution in [0.2, 0.25) is 0 Å². The van der Waals surface area contributed by atoms with E-state index in [1.54, 1.807) is 14.2 Å². The van der Waals surface area contributed by atoms with Crippen molar-refractivity contribution in [3.05, 3.63) is 65.0 Å². The Morgan fingerprint density at radius 2 is 1.74 bits per heavy atom. The van der Waals surface area contributed by atoms with E-state index >= 15 is 0 Å². The highest BCUT2D eigenvalue weighted by Crippen LogP contribution is 2.31. The number of hydrogen-bond acceptors (Lipinski definition) is 8. The predicted octanol–water partition coefficient (Wildman–Crippen LogP) is 3.42. The van der Waals surface area contributed by atoms with Crippen molar-refractivity contribution < 1.29 is 18.7 Å². The molecule has 180 valence electrons. The van der Waals surface area contributed by atoms with E-state index in [0.717, 1.165) is 36.7 Å². The minimum absolute atomic E-state index is 0.0924. The molecule has 0 aliphatic carbocycles. The fourth-order valence-electron chi connectivity index (χ4n) is 3.94. The van der Waals surface area contributed by atoms with Crippen LogP contribution in [0.5, 0.6) is 11.5 Å². The summed E-state index contributed by atoms with van der Waals surface area (Å²) in [7, 11) is 3.30. The highest BCUT2D eigenvalue weighted by atomic mass is 32.2. The summed E-state index contributed by atoms with van der Waals surface area (Å²) in [5, 5.41) is 8.60. The Hall–Kier alpha value is -3.04. The summed E-state index contributed by atoms with van der Waals surface area (Å²) in [6.45, 7) is 5.95. The number of hydrogen-bond donors (Lipinski definition) is 0. The summed E-state index contributed by atoms with van der Waals surface area (Å²) < 4.78 is 16.5. The van der Waals surface area contributed by atoms with Crippen LogP contribution >= 0.6 is 11.8 Å². The average Bonchev–Trinajstić information content (AvgIpc) is 3.31. The third kappa shape index (κ3) is 6.09. The van der Waals surface area contributed by atoms with Gasteiger partial charge in [0.05, 0.1) is 26.4 Å². The Balaban J connectivity index is 1.23. The number of carbonyl (C=O) groups is 1. The van der Waals surface area contributed by atoms with Crippen LogP contribution in [0.4, 0.5) is 0 Å². The Morgan fingerprint density at radius 3 is 2.44 bits per heavy atom. The summed E-state index contributed by atoms with van der Waals surface area (Å²) >= 11 is 1.30. The standard InChI is InChI=1S/C25H30N4O4S/c1-18-13-21(31-2)22(32-3)15-20(18)16-28-9-11-29(12-10-28)24(30)17-34-25-27-26-23(33-25)14-19-7-5-4-6-8-19/h4-8,13,15H,9-12,14,16-17H2,1-3H3. The van der Waals surface area contributed by atoms with Gasteiger partial charge in [0, 0.05) is 32.7 Å². The van der Waals surface area contributed by atoms with Gasteiger partial charge in [-0.25, -0.2) is 0 Å². The molecule has 1 aliphatic rings. The average molecular weight is 483 g/mol. The van der Waals surface area contributed by atoms with Crippen molar-refractivity contribution in [3.63, 3.8) is 0 Å². The molecule has 1 amide bonds. The van der Waals surface area contributed by atoms with Crippen LogP contribution in [0.3, 0.4) is 0 Å². The van der Waals surface area contributed by atoms with Gasteiger partial charge in [0.25, 0.3) is 5.22 Å². The van der Waals surface area contributed by atoms with Gasteiger partial charge in [0.1, 0.15) is 0 Å². The van der Waals surface area contributed by atoms with Gasteiger partial charge >= 0.3 is 0 Å². The van der Waals surface area contributed by atoms with Gasteiger partial charge in [-0.05, 0) is 35.7 Å². The molecule has 0 spiro atoms. The molecule has 3 aromatic rings. The van der Waals surface area contributed by atoms with E-state index in [0.29, 0.717) is 36.4 Å². The van der Waals surface area contributed by atoms with Gasteiger partial charge in [-0.15, -0.1) is 10.2 Å². The van der Waals surface area contributed by atoms with Gasteiger partial charge < -0.3 is 18.8 Å². The van der Waals surface area contributed by atoms with E-state index in [9.17, 15) is 4.79 Å². The van der Waals surface area contributed by atoms with E-state index in [2.05, 4.69) is 22.0 Å². The van der Waals surface area contributed by atoms with Crippen molar-refractivity contribution in [1.29, 1.82) is 0 Å². The summed E-state index contributed by atoms with van der Waals surface area (Å²) in [5.41, 5.74) is 3.48. The molecule has 9 heteroatoms. The number of ether oxygens (including phenoxy) is 2. The predicted molar refractivity (Wildman–Crippen MR) is 130 cm³/mol. The number of benzene rings is 2. The van der Waals surface area contributed by atoms with Crippen molar-refractivity contribution in [1.82, 2.24) is 20.0 Å². The molecule has 0 atom stereocenters. The van der Waals surface area contributed by atoms with Crippen molar-refractivity contribution in [2.24, 2.45) is 0 Å². The number of carbonyl (C=O) groups excluding carboxylic acids is 1. The SMILES string of the molecule is COc1cc(C)c(CN2CCN(C(=O)CSc3nnc(Cc4ccccc4)o3)CC2)cc1OC. The summed E-state index contributed by atoms with van der Waals surface area (Å²) in [4.78, 5) is 17.0. The van der Waals surface area contributed by atoms with Gasteiger partial charge in [-0.3, -0.25) is 9.69 Å². The van der Waals surface area contributed by atoms with Crippen LogP contribution in [0, 0.1) is 6.92 Å². The zero-order valence-corrected chi connectivity index (χ0v) is 20.6. The van der Waals surface area contributed by atoms with E-state index in [4.69, 9.17) is 13.9 Å². The van der Waals surface area contributed by atoms with Crippen LogP contribution in [0.1, 0.15) is 22.6 Å². The monoisotopic (exact) mass is 482 g/mol. The van der Waals surface area contributed by atoms with Crippen molar-refractivity contribution in [2.45, 2.75) is 25.1 Å². The molecule has 1 aliphatic heterocycles. The van der Waals surface area contributed by atoms with Crippen LogP contribution < -0.4 is 9.47 Å². The lowest BCUT2D eigenvalue weighted by atomic mass is 10.1. The maximum atomic E-state index is 12.7. The second-order valence-corrected chi connectivity index (χ2v) is 9.13. The molecular formula is C25H30N4O4S. The Labute approximate surface area is 204 Å². The zero-order chi connectivity index (χ0) is 23.9. The van der Waals surface area contributed by atoms with Crippen molar-refractivity contribution >= 4 is 17.7 Å². The first-order valence-electron chi connectivity index (χ1n) is 11.3. The molecule has 0 bridgehead atoms. The maximum Gasteiger partial charge on any atom is 0.277 e. The molecule has 4 rings (SSSR count). The number of methoxy groups -OCH3 is 2. The quantitative estimate of drug-likeness (QED) is 0.429. The molecule has 1 fully saturated rings. The number of aromatic nitrogens is 2. The summed E-state index contributed by atoms with van der Waals surface area (Å²) in [5.74, 6) is 2.42. The molecule has 0 unspecified atom stereocenters. The molecule has 0 N–H and O–H groups in total. The molecular weight excluding hydrogens is 452 g/mol. The first-order chi connectivity index (χ1) is 16.6. The number of piperazine rings is 1. The van der Waals surface area contributed by atoms with Crippen LogP contribution in [-0.4, -0.2) is 72.1 Å². The topological polar surface area (TPSA) is 80.9 Å². The molecule has 1 saturated heterocycles. The van der Waals surface area contributed by atoms with Crippen molar-refractivity contribution in [2.75, 3.05) is 46.2 Å². The molecule has 34 heavy (non-hydrogen) atoms. The largest absolute Gasteiger partial charge is 0.493 e. The van der Waals surface area contributed by atoms with Gasteiger partial charge in [-0.1, -0.05) is 42.1 Å². The highest BCUT2D eigenvalue weighted by molar-refractivity contribution is 7.99. The third-order valence-corrected chi connectivity index (χ3v) is 6.73. The first kappa shape index (κ1) is 24.1. The molecule has 2 aromatic carbocycles. The lowest BCUT2D eigenvalue weighted by Gasteiger charge is -2.35. The molecule has 0 radical (unpaired) electrons. The first-order valence-corrected chi connectivity index (χ1v) is 12.2. The summed E-state index contributed by atoms with van der Waals surface area (Å²) in [6, 6.07) is 14.0. The number of aryl methyl sites for hydroxylation is 1. The van der Waals surface area contributed by atoms with Crippen LogP contribution in [0.15, 0.2) is 52.1 Å². The fraction of sp³-hybridized carbons (Fsp3) is 0.400. The van der Waals surface area contributed by atoms with Crippen LogP contribution in [-0.2, 0) is 17.8 Å². The van der Waals surface area contributed by atoms with Gasteiger partial charge in [0.2, 0.25) is 11.8 Å². The van der Waals surface area contributed by atoms with E-state index in [1.165, 1.54) is 22.9 Å². The fourth-order valence-corrected chi connectivity index (χ4v) is 4.63. The van der Waals surface area contributed by atoms with Crippen LogP contribution in [0.25, 0.3) is 0 Å². The number of thioether (sulfide) groups is 1.